The van der Waals surface area contributed by atoms with Gasteiger partial charge in [0.05, 0.1) is 36.7 Å². The minimum atomic E-state index is -0.905. The standard InChI is InChI=1S/C28H27N5O6/c1-5-38-28(34)24-23(21(14-29)27(30)39-26(24)18-9-7-6-8-10-18)19-11-12-22(37-4)20(13-19)15-32-17(3)25(33(35)36)16(2)31-32/h6-13,23H,5,15,30H2,1-4H3. The largest absolute Gasteiger partial charge is 0.496 e. The predicted molar refractivity (Wildman–Crippen MR) is 141 cm³/mol. The maximum Gasteiger partial charge on any atom is 0.338 e. The lowest BCUT2D eigenvalue weighted by Gasteiger charge is -2.28. The number of esters is 1. The number of nitro groups is 1. The second-order valence-electron chi connectivity index (χ2n) is 8.76. The molecule has 0 spiro atoms. The van der Waals surface area contributed by atoms with E-state index in [1.54, 1.807) is 63.2 Å². The normalized spacial score (nSPS) is 15.0. The summed E-state index contributed by atoms with van der Waals surface area (Å²) in [6.07, 6.45) is 0. The second kappa shape index (κ2) is 11.1. The van der Waals surface area contributed by atoms with Crippen LogP contribution in [-0.4, -0.2) is 34.4 Å². The maximum absolute atomic E-state index is 13.3. The molecule has 0 saturated heterocycles. The lowest BCUT2D eigenvalue weighted by Crippen LogP contribution is -2.26. The first-order valence-electron chi connectivity index (χ1n) is 12.1. The lowest BCUT2D eigenvalue weighted by atomic mass is 9.81. The van der Waals surface area contributed by atoms with Crippen LogP contribution in [0.15, 0.2) is 65.6 Å². The van der Waals surface area contributed by atoms with Crippen LogP contribution in [0, 0.1) is 35.3 Å². The third kappa shape index (κ3) is 5.04. The molecule has 0 amide bonds. The number of carbonyl (C=O) groups excluding carboxylic acids is 1. The Kier molecular flexibility index (Phi) is 7.67. The topological polar surface area (TPSA) is 156 Å². The van der Waals surface area contributed by atoms with Crippen molar-refractivity contribution in [3.63, 3.8) is 0 Å². The summed E-state index contributed by atoms with van der Waals surface area (Å²) >= 11 is 0. The van der Waals surface area contributed by atoms with Crippen molar-refractivity contribution in [2.24, 2.45) is 5.73 Å². The van der Waals surface area contributed by atoms with E-state index in [2.05, 4.69) is 11.2 Å². The van der Waals surface area contributed by atoms with Gasteiger partial charge in [0.15, 0.2) is 0 Å². The van der Waals surface area contributed by atoms with Crippen LogP contribution in [0.4, 0.5) is 5.69 Å². The first-order chi connectivity index (χ1) is 18.7. The molecule has 2 aromatic carbocycles. The third-order valence-electron chi connectivity index (χ3n) is 6.43. The molecule has 0 radical (unpaired) electrons. The van der Waals surface area contributed by atoms with Crippen molar-refractivity contribution in [2.75, 3.05) is 13.7 Å². The van der Waals surface area contributed by atoms with Gasteiger partial charge in [0.25, 0.3) is 0 Å². The fourth-order valence-corrected chi connectivity index (χ4v) is 4.68. The number of aryl methyl sites for hydroxylation is 1. The molecule has 2 heterocycles. The van der Waals surface area contributed by atoms with Crippen LogP contribution in [-0.2, 0) is 20.8 Å². The van der Waals surface area contributed by atoms with Crippen molar-refractivity contribution in [3.05, 3.63) is 104 Å². The minimum absolute atomic E-state index is 0.0515. The van der Waals surface area contributed by atoms with E-state index in [0.717, 1.165) is 0 Å². The molecule has 4 rings (SSSR count). The van der Waals surface area contributed by atoms with Crippen LogP contribution in [0.1, 0.15) is 40.9 Å². The smallest absolute Gasteiger partial charge is 0.338 e. The number of nitrogens with two attached hydrogens (primary N) is 1. The molecule has 0 fully saturated rings. The van der Waals surface area contributed by atoms with Crippen LogP contribution in [0.2, 0.25) is 0 Å². The number of rotatable bonds is 8. The van der Waals surface area contributed by atoms with Gasteiger partial charge in [-0.15, -0.1) is 0 Å². The number of aromatic nitrogens is 2. The Labute approximate surface area is 224 Å². The van der Waals surface area contributed by atoms with E-state index in [0.29, 0.717) is 33.8 Å². The van der Waals surface area contributed by atoms with Gasteiger partial charge in [-0.1, -0.05) is 36.4 Å². The van der Waals surface area contributed by atoms with E-state index in [1.807, 2.05) is 6.07 Å². The molecular formula is C28H27N5O6. The highest BCUT2D eigenvalue weighted by Crippen LogP contribution is 2.43. The van der Waals surface area contributed by atoms with Crippen molar-refractivity contribution < 1.29 is 23.9 Å². The summed E-state index contributed by atoms with van der Waals surface area (Å²) < 4.78 is 18.3. The highest BCUT2D eigenvalue weighted by molar-refractivity contribution is 5.99. The van der Waals surface area contributed by atoms with Gasteiger partial charge in [0.2, 0.25) is 5.88 Å². The molecule has 0 saturated carbocycles. The average molecular weight is 530 g/mol. The Balaban J connectivity index is 1.91. The molecule has 1 unspecified atom stereocenters. The van der Waals surface area contributed by atoms with Crippen LogP contribution in [0.25, 0.3) is 5.76 Å². The molecule has 11 nitrogen and oxygen atoms in total. The van der Waals surface area contributed by atoms with Gasteiger partial charge in [-0.3, -0.25) is 14.8 Å². The molecule has 0 bridgehead atoms. The Morgan fingerprint density at radius 2 is 1.97 bits per heavy atom. The van der Waals surface area contributed by atoms with Crippen LogP contribution < -0.4 is 10.5 Å². The minimum Gasteiger partial charge on any atom is -0.496 e. The second-order valence-corrected chi connectivity index (χ2v) is 8.76. The van der Waals surface area contributed by atoms with E-state index in [-0.39, 0.29) is 41.6 Å². The molecule has 3 aromatic rings. The average Bonchev–Trinajstić information content (AvgIpc) is 3.20. The molecule has 1 atom stereocenters. The van der Waals surface area contributed by atoms with Gasteiger partial charge >= 0.3 is 11.7 Å². The first-order valence-corrected chi connectivity index (χ1v) is 12.1. The molecule has 200 valence electrons. The number of methoxy groups -OCH3 is 1. The molecular weight excluding hydrogens is 502 g/mol. The fourth-order valence-electron chi connectivity index (χ4n) is 4.68. The van der Waals surface area contributed by atoms with Gasteiger partial charge in [-0.2, -0.15) is 10.4 Å². The molecule has 11 heteroatoms. The zero-order valence-electron chi connectivity index (χ0n) is 21.9. The number of carbonyl (C=O) groups is 1. The van der Waals surface area contributed by atoms with Gasteiger partial charge in [-0.05, 0) is 38.5 Å². The summed E-state index contributed by atoms with van der Waals surface area (Å²) in [7, 11) is 1.51. The maximum atomic E-state index is 13.3. The van der Waals surface area contributed by atoms with E-state index in [4.69, 9.17) is 19.9 Å². The highest BCUT2D eigenvalue weighted by atomic mass is 16.6. The molecule has 0 aliphatic carbocycles. The summed E-state index contributed by atoms with van der Waals surface area (Å²) in [4.78, 5) is 24.4. The monoisotopic (exact) mass is 529 g/mol. The van der Waals surface area contributed by atoms with Crippen molar-refractivity contribution in [1.82, 2.24) is 9.78 Å². The van der Waals surface area contributed by atoms with Crippen molar-refractivity contribution in [1.29, 1.82) is 5.26 Å². The van der Waals surface area contributed by atoms with E-state index in [9.17, 15) is 20.2 Å². The fraction of sp³-hybridized carbons (Fsp3) is 0.250. The Morgan fingerprint density at radius 1 is 1.26 bits per heavy atom. The zero-order chi connectivity index (χ0) is 28.3. The Bertz CT molecular complexity index is 1550. The summed E-state index contributed by atoms with van der Waals surface area (Å²) in [5.74, 6) is -0.977. The quantitative estimate of drug-likeness (QED) is 0.256. The molecule has 1 aliphatic rings. The molecule has 2 N–H and O–H groups in total. The van der Waals surface area contributed by atoms with Gasteiger partial charge in [0, 0.05) is 11.1 Å². The number of nitriles is 1. The number of hydrogen-bond acceptors (Lipinski definition) is 9. The van der Waals surface area contributed by atoms with Gasteiger partial charge in [-0.25, -0.2) is 4.79 Å². The summed E-state index contributed by atoms with van der Waals surface area (Å²) in [5, 5.41) is 25.9. The van der Waals surface area contributed by atoms with Crippen molar-refractivity contribution in [3.8, 4) is 11.8 Å². The SMILES string of the molecule is CCOC(=O)C1=C(c2ccccc2)OC(N)=C(C#N)C1c1ccc(OC)c(Cn2nc(C)c([N+](=O)[O-])c2C)c1. The number of allylic oxidation sites excluding steroid dienone is 1. The third-order valence-corrected chi connectivity index (χ3v) is 6.43. The number of ether oxygens (including phenoxy) is 3. The zero-order valence-corrected chi connectivity index (χ0v) is 21.9. The van der Waals surface area contributed by atoms with E-state index >= 15 is 0 Å². The first kappa shape index (κ1) is 26.9. The molecule has 1 aromatic heterocycles. The lowest BCUT2D eigenvalue weighted by molar-refractivity contribution is -0.386. The van der Waals surface area contributed by atoms with Crippen molar-refractivity contribution in [2.45, 2.75) is 33.2 Å². The van der Waals surface area contributed by atoms with Gasteiger partial charge < -0.3 is 19.9 Å². The van der Waals surface area contributed by atoms with Gasteiger partial charge in [0.1, 0.15) is 34.5 Å². The number of benzene rings is 2. The van der Waals surface area contributed by atoms with Crippen LogP contribution in [0.3, 0.4) is 0 Å². The summed E-state index contributed by atoms with van der Waals surface area (Å²) in [5.41, 5.74) is 8.79. The van der Waals surface area contributed by atoms with E-state index < -0.39 is 16.8 Å². The van der Waals surface area contributed by atoms with Crippen LogP contribution in [0.5, 0.6) is 5.75 Å². The highest BCUT2D eigenvalue weighted by Gasteiger charge is 2.38. The number of hydrogen-bond donors (Lipinski definition) is 1. The summed E-state index contributed by atoms with van der Waals surface area (Å²) in [6.45, 7) is 5.14. The Hall–Kier alpha value is -5.11. The molecule has 39 heavy (non-hydrogen) atoms. The number of nitrogens with zero attached hydrogens (tertiary/aromatic N) is 4. The Morgan fingerprint density at radius 3 is 2.56 bits per heavy atom. The van der Waals surface area contributed by atoms with Crippen molar-refractivity contribution >= 4 is 17.4 Å². The predicted octanol–water partition coefficient (Wildman–Crippen LogP) is 4.25. The van der Waals surface area contributed by atoms with E-state index in [1.165, 1.54) is 11.8 Å². The molecule has 1 aliphatic heterocycles. The van der Waals surface area contributed by atoms with Crippen LogP contribution >= 0.6 is 0 Å². The summed E-state index contributed by atoms with van der Waals surface area (Å²) in [6, 6.07) is 16.3.